The Morgan fingerprint density at radius 2 is 1.45 bits per heavy atom. The summed E-state index contributed by atoms with van der Waals surface area (Å²) in [5.74, 6) is -12.3. The van der Waals surface area contributed by atoms with Crippen molar-refractivity contribution in [1.82, 2.24) is 5.32 Å². The Kier molecular flexibility index (Phi) is 11.0. The molecular formula is C38H31F5N2O5S. The van der Waals surface area contributed by atoms with Crippen molar-refractivity contribution in [2.45, 2.75) is 43.6 Å². The fourth-order valence-corrected chi connectivity index (χ4v) is 6.93. The minimum Gasteiger partial charge on any atom is -0.618 e. The van der Waals surface area contributed by atoms with E-state index >= 15 is 0 Å². The van der Waals surface area contributed by atoms with Gasteiger partial charge in [0.25, 0.3) is 10.9 Å². The average molecular weight is 723 g/mol. The van der Waals surface area contributed by atoms with Gasteiger partial charge in [0.1, 0.15) is 5.56 Å². The molecule has 13 heteroatoms. The first-order valence-corrected chi connectivity index (χ1v) is 16.8. The second kappa shape index (κ2) is 15.6. The minimum absolute atomic E-state index is 0.0915. The smallest absolute Gasteiger partial charge is 0.257 e. The van der Waals surface area contributed by atoms with Crippen molar-refractivity contribution >= 4 is 17.7 Å². The number of pyridine rings is 1. The van der Waals surface area contributed by atoms with E-state index in [1.807, 2.05) is 55.5 Å². The molecule has 1 amide bonds. The Morgan fingerprint density at radius 3 is 2.12 bits per heavy atom. The molecule has 1 aromatic heterocycles. The molecule has 6 rings (SSSR count). The zero-order chi connectivity index (χ0) is 36.2. The zero-order valence-electron chi connectivity index (χ0n) is 27.0. The fourth-order valence-electron chi connectivity index (χ4n) is 5.85. The Labute approximate surface area is 294 Å². The number of carbonyl (C=O) groups is 1. The lowest BCUT2D eigenvalue weighted by molar-refractivity contribution is -0.645. The summed E-state index contributed by atoms with van der Waals surface area (Å²) < 4.78 is 83.1. The summed E-state index contributed by atoms with van der Waals surface area (Å²) in [5.41, 5.74) is 2.67. The molecule has 1 aliphatic rings. The van der Waals surface area contributed by atoms with E-state index in [1.165, 1.54) is 18.0 Å². The number of carbonyl (C=O) groups excluding carboxylic acids is 1. The Balaban J connectivity index is 1.22. The normalized spacial score (nSPS) is 18.8. The van der Waals surface area contributed by atoms with Crippen LogP contribution in [0.2, 0.25) is 0 Å². The van der Waals surface area contributed by atoms with Crippen molar-refractivity contribution in [2.75, 3.05) is 5.75 Å². The van der Waals surface area contributed by atoms with Crippen LogP contribution in [0.1, 0.15) is 51.9 Å². The molecule has 7 nitrogen and oxygen atoms in total. The summed E-state index contributed by atoms with van der Waals surface area (Å²) in [6, 6.07) is 26.8. The number of aromatic nitrogens is 1. The van der Waals surface area contributed by atoms with Crippen LogP contribution in [0.5, 0.6) is 0 Å². The van der Waals surface area contributed by atoms with Crippen LogP contribution in [0.4, 0.5) is 22.0 Å². The van der Waals surface area contributed by atoms with Gasteiger partial charge in [0.05, 0.1) is 18.8 Å². The summed E-state index contributed by atoms with van der Waals surface area (Å²) in [4.78, 5) is 12.6. The highest BCUT2D eigenvalue weighted by molar-refractivity contribution is 7.99. The molecule has 1 saturated heterocycles. The lowest BCUT2D eigenvalue weighted by atomic mass is 9.91. The number of nitrogens with zero attached hydrogens (tertiary/aromatic N) is 1. The van der Waals surface area contributed by atoms with E-state index in [0.717, 1.165) is 15.9 Å². The van der Waals surface area contributed by atoms with Crippen LogP contribution >= 0.6 is 11.8 Å². The fraction of sp³-hybridized carbons (Fsp3) is 0.211. The second-order valence-electron chi connectivity index (χ2n) is 11.9. The number of aliphatic hydroxyl groups is 1. The maximum absolute atomic E-state index is 14.2. The predicted octanol–water partition coefficient (Wildman–Crippen LogP) is 7.69. The Bertz CT molecular complexity index is 2000. The lowest BCUT2D eigenvalue weighted by Gasteiger charge is -2.41. The van der Waals surface area contributed by atoms with Gasteiger partial charge in [0.15, 0.2) is 35.8 Å². The van der Waals surface area contributed by atoms with Gasteiger partial charge in [-0.2, -0.15) is 4.73 Å². The van der Waals surface area contributed by atoms with Crippen molar-refractivity contribution in [3.63, 3.8) is 0 Å². The molecule has 4 atom stereocenters. The van der Waals surface area contributed by atoms with Crippen LogP contribution in [0.15, 0.2) is 102 Å². The van der Waals surface area contributed by atoms with E-state index in [-0.39, 0.29) is 31.3 Å². The minimum atomic E-state index is -2.35. The molecule has 0 radical (unpaired) electrons. The largest absolute Gasteiger partial charge is 0.618 e. The van der Waals surface area contributed by atoms with Gasteiger partial charge in [-0.05, 0) is 33.9 Å². The number of nitrogens with one attached hydrogen (secondary N) is 1. The van der Waals surface area contributed by atoms with Crippen molar-refractivity contribution in [3.8, 4) is 11.1 Å². The highest BCUT2D eigenvalue weighted by atomic mass is 32.2. The number of hydrogen-bond acceptors (Lipinski definition) is 6. The molecule has 0 aliphatic carbocycles. The molecule has 1 aliphatic heterocycles. The number of benzene rings is 4. The van der Waals surface area contributed by atoms with Crippen molar-refractivity contribution in [2.24, 2.45) is 5.92 Å². The monoisotopic (exact) mass is 722 g/mol. The van der Waals surface area contributed by atoms with E-state index in [9.17, 15) is 37.1 Å². The van der Waals surface area contributed by atoms with Gasteiger partial charge in [0.2, 0.25) is 5.82 Å². The van der Waals surface area contributed by atoms with Crippen LogP contribution in [-0.4, -0.2) is 22.9 Å². The summed E-state index contributed by atoms with van der Waals surface area (Å²) in [6.45, 7) is 1.66. The van der Waals surface area contributed by atoms with Crippen molar-refractivity contribution in [3.05, 3.63) is 159 Å². The van der Waals surface area contributed by atoms with Gasteiger partial charge in [-0.1, -0.05) is 91.5 Å². The number of rotatable bonds is 10. The molecular weight excluding hydrogens is 691 g/mol. The average Bonchev–Trinajstić information content (AvgIpc) is 3.16. The molecule has 4 aromatic carbocycles. The molecule has 5 aromatic rings. The maximum atomic E-state index is 14.2. The molecule has 0 saturated carbocycles. The highest BCUT2D eigenvalue weighted by Gasteiger charge is 2.39. The number of hydrogen-bond donors (Lipinski definition) is 2. The third-order valence-corrected chi connectivity index (χ3v) is 9.80. The molecule has 2 N–H and O–H groups in total. The molecule has 4 unspecified atom stereocenters. The standard InChI is InChI=1S/C38H31F5N2O5S/c1-21-28(20-51-29-8-4-5-17-45(29)48)49-38(50-36(21)24-11-9-22(19-46)10-12-24)25-15-13-23(14-16-25)27-7-3-2-6-26(27)18-44-37(47)30-31(39)33(41)35(43)34(42)32(30)40/h2-17,21,28,36,38,46H,18-20H2,1H3,(H,44,47). The summed E-state index contributed by atoms with van der Waals surface area (Å²) in [7, 11) is 0. The Hall–Kier alpha value is -4.82. The number of ether oxygens (including phenoxy) is 2. The second-order valence-corrected chi connectivity index (χ2v) is 12.9. The van der Waals surface area contributed by atoms with E-state index in [0.29, 0.717) is 33.0 Å². The van der Waals surface area contributed by atoms with Crippen LogP contribution < -0.4 is 10.0 Å². The molecule has 0 spiro atoms. The van der Waals surface area contributed by atoms with Gasteiger partial charge < -0.3 is 25.1 Å². The van der Waals surface area contributed by atoms with Crippen LogP contribution in [0.3, 0.4) is 0 Å². The molecule has 2 heterocycles. The summed E-state index contributed by atoms with van der Waals surface area (Å²) in [5, 5.41) is 24.6. The first-order valence-electron chi connectivity index (χ1n) is 15.9. The quantitative estimate of drug-likeness (QED) is 0.0384. The third kappa shape index (κ3) is 7.61. The van der Waals surface area contributed by atoms with E-state index in [1.54, 1.807) is 42.5 Å². The number of amides is 1. The first kappa shape index (κ1) is 36.0. The van der Waals surface area contributed by atoms with Crippen molar-refractivity contribution in [1.29, 1.82) is 0 Å². The number of thioether (sulfide) groups is 1. The van der Waals surface area contributed by atoms with Gasteiger partial charge in [0, 0.05) is 35.9 Å². The number of halogens is 5. The lowest BCUT2D eigenvalue weighted by Crippen LogP contribution is -2.39. The molecule has 51 heavy (non-hydrogen) atoms. The molecule has 0 bridgehead atoms. The SMILES string of the molecule is CC1C(CSc2cccc[n+]2[O-])OC(c2ccc(-c3ccccc3CNC(=O)c3c(F)c(F)c(F)c(F)c3F)cc2)OC1c1ccc(CO)cc1. The van der Waals surface area contributed by atoms with Gasteiger partial charge in [-0.15, -0.1) is 0 Å². The summed E-state index contributed by atoms with van der Waals surface area (Å²) in [6.07, 6.45) is -0.0436. The van der Waals surface area contributed by atoms with E-state index < -0.39 is 46.8 Å². The number of aliphatic hydroxyl groups excluding tert-OH is 1. The third-order valence-electron chi connectivity index (χ3n) is 8.69. The van der Waals surface area contributed by atoms with E-state index in [4.69, 9.17) is 9.47 Å². The molecule has 264 valence electrons. The van der Waals surface area contributed by atoms with Crippen molar-refractivity contribution < 1.29 is 46.1 Å². The molecule has 1 fully saturated rings. The zero-order valence-corrected chi connectivity index (χ0v) is 27.8. The van der Waals surface area contributed by atoms with Gasteiger partial charge >= 0.3 is 0 Å². The predicted molar refractivity (Wildman–Crippen MR) is 178 cm³/mol. The van der Waals surface area contributed by atoms with E-state index in [2.05, 4.69) is 5.32 Å². The first-order chi connectivity index (χ1) is 24.6. The maximum Gasteiger partial charge on any atom is 0.257 e. The van der Waals surface area contributed by atoms with Crippen LogP contribution in [0, 0.1) is 40.2 Å². The Morgan fingerprint density at radius 1 is 0.824 bits per heavy atom. The van der Waals surface area contributed by atoms with Crippen LogP contribution in [-0.2, 0) is 22.6 Å². The summed E-state index contributed by atoms with van der Waals surface area (Å²) >= 11 is 1.38. The van der Waals surface area contributed by atoms with Crippen LogP contribution in [0.25, 0.3) is 11.1 Å². The topological polar surface area (TPSA) is 94.7 Å². The van der Waals surface area contributed by atoms with Gasteiger partial charge in [-0.25, -0.2) is 22.0 Å². The highest BCUT2D eigenvalue weighted by Crippen LogP contribution is 2.43. The van der Waals surface area contributed by atoms with Gasteiger partial charge in [-0.3, -0.25) is 4.79 Å².